The van der Waals surface area contributed by atoms with Crippen molar-refractivity contribution in [1.82, 2.24) is 15.5 Å². The topological polar surface area (TPSA) is 125 Å². The van der Waals surface area contributed by atoms with E-state index in [-0.39, 0.29) is 0 Å². The summed E-state index contributed by atoms with van der Waals surface area (Å²) in [5.41, 5.74) is 1.88. The molecule has 3 rings (SSSR count). The normalized spacial score (nSPS) is 16.5. The van der Waals surface area contributed by atoms with Crippen molar-refractivity contribution in [2.24, 2.45) is 0 Å². The number of aliphatic carboxylic acids is 1. The Bertz CT molecular complexity index is 1230. The van der Waals surface area contributed by atoms with E-state index in [9.17, 15) is 37.5 Å². The maximum absolute atomic E-state index is 12.6. The van der Waals surface area contributed by atoms with Crippen molar-refractivity contribution in [3.05, 3.63) is 65.9 Å². The fourth-order valence-corrected chi connectivity index (χ4v) is 3.60. The Labute approximate surface area is 203 Å². The molecule has 0 saturated heterocycles. The summed E-state index contributed by atoms with van der Waals surface area (Å²) in [6.45, 7) is 1.72. The van der Waals surface area contributed by atoms with Gasteiger partial charge in [0.05, 0.1) is 12.5 Å². The van der Waals surface area contributed by atoms with E-state index in [1.54, 1.807) is 31.2 Å². The summed E-state index contributed by atoms with van der Waals surface area (Å²) in [4.78, 5) is 49.4. The number of urea groups is 1. The number of carbonyl (C=O) groups excluding carboxylic acids is 3. The van der Waals surface area contributed by atoms with Gasteiger partial charge in [-0.2, -0.15) is 0 Å². The minimum absolute atomic E-state index is 0.341. The van der Waals surface area contributed by atoms with Crippen LogP contribution in [0, 0.1) is 6.92 Å². The molecule has 36 heavy (non-hydrogen) atoms. The molecule has 1 aliphatic rings. The Hall–Kier alpha value is -4.35. The molecule has 3 N–H and O–H groups in total. The molecule has 12 heteroatoms. The highest BCUT2D eigenvalue weighted by Crippen LogP contribution is 2.32. The average Bonchev–Trinajstić information content (AvgIpc) is 2.78. The Morgan fingerprint density at radius 1 is 1.17 bits per heavy atom. The van der Waals surface area contributed by atoms with Crippen LogP contribution in [0.25, 0.3) is 11.1 Å². The standard InChI is InChI=1S/C24H22F3N3O6/c1-13-6-7-15(11-17(13)14-4-3-5-16(10-14)36-24(25,26)27)18(12-20(32)33)28-23(35)29-21-19(31)8-9-30(2)22(21)34/h3-11,18,21H,12H2,1-2H3,(H,32,33)(H2,28,29,35). The van der Waals surface area contributed by atoms with Crippen molar-refractivity contribution in [3.8, 4) is 16.9 Å². The summed E-state index contributed by atoms with van der Waals surface area (Å²) in [5.74, 6) is -2.96. The summed E-state index contributed by atoms with van der Waals surface area (Å²) >= 11 is 0. The molecule has 1 heterocycles. The lowest BCUT2D eigenvalue weighted by molar-refractivity contribution is -0.274. The zero-order chi connectivity index (χ0) is 26.6. The first-order valence-corrected chi connectivity index (χ1v) is 10.6. The average molecular weight is 505 g/mol. The molecular formula is C24H22F3N3O6. The molecule has 0 aromatic heterocycles. The maximum Gasteiger partial charge on any atom is 0.573 e. The molecule has 3 amide bonds. The third kappa shape index (κ3) is 6.62. The minimum atomic E-state index is -4.87. The molecule has 1 aliphatic heterocycles. The SMILES string of the molecule is Cc1ccc(C(CC(=O)O)NC(=O)NC2C(=O)C=CN(C)C2=O)cc1-c1cccc(OC(F)(F)F)c1. The number of carbonyl (C=O) groups is 4. The van der Waals surface area contributed by atoms with Crippen LogP contribution in [0.2, 0.25) is 0 Å². The number of likely N-dealkylation sites (N-methyl/N-ethyl adjacent to an activating group) is 1. The number of ketones is 1. The number of amides is 3. The Balaban J connectivity index is 1.87. The summed E-state index contributed by atoms with van der Waals surface area (Å²) < 4.78 is 41.9. The monoisotopic (exact) mass is 505 g/mol. The van der Waals surface area contributed by atoms with Crippen LogP contribution >= 0.6 is 0 Å². The molecule has 2 aromatic carbocycles. The molecule has 0 aliphatic carbocycles. The van der Waals surface area contributed by atoms with Crippen molar-refractivity contribution in [2.75, 3.05) is 7.05 Å². The third-order valence-electron chi connectivity index (χ3n) is 5.34. The first kappa shape index (κ1) is 26.3. The second kappa shape index (κ2) is 10.5. The number of carboxylic acid groups (broad SMARTS) is 1. The Morgan fingerprint density at radius 3 is 2.56 bits per heavy atom. The molecule has 2 unspecified atom stereocenters. The van der Waals surface area contributed by atoms with Crippen LogP contribution in [-0.2, 0) is 14.4 Å². The van der Waals surface area contributed by atoms with Gasteiger partial charge in [-0.25, -0.2) is 4.79 Å². The van der Waals surface area contributed by atoms with Gasteiger partial charge in [-0.3, -0.25) is 14.4 Å². The van der Waals surface area contributed by atoms with E-state index in [0.29, 0.717) is 22.3 Å². The zero-order valence-electron chi connectivity index (χ0n) is 19.1. The maximum atomic E-state index is 12.6. The van der Waals surface area contributed by atoms with E-state index >= 15 is 0 Å². The smallest absolute Gasteiger partial charge is 0.481 e. The van der Waals surface area contributed by atoms with E-state index < -0.39 is 54.3 Å². The fourth-order valence-electron chi connectivity index (χ4n) is 3.60. The lowest BCUT2D eigenvalue weighted by Crippen LogP contribution is -2.55. The molecule has 0 fully saturated rings. The van der Waals surface area contributed by atoms with Crippen LogP contribution in [0.15, 0.2) is 54.7 Å². The summed E-state index contributed by atoms with van der Waals surface area (Å²) in [6.07, 6.45) is -3.02. The lowest BCUT2D eigenvalue weighted by Gasteiger charge is -2.25. The van der Waals surface area contributed by atoms with E-state index in [2.05, 4.69) is 15.4 Å². The van der Waals surface area contributed by atoms with E-state index in [0.717, 1.165) is 17.0 Å². The zero-order valence-corrected chi connectivity index (χ0v) is 19.1. The van der Waals surface area contributed by atoms with Gasteiger partial charge in [0.2, 0.25) is 0 Å². The van der Waals surface area contributed by atoms with Gasteiger partial charge in [-0.05, 0) is 47.4 Å². The van der Waals surface area contributed by atoms with Gasteiger partial charge >= 0.3 is 18.4 Å². The van der Waals surface area contributed by atoms with E-state index in [1.165, 1.54) is 25.4 Å². The minimum Gasteiger partial charge on any atom is -0.481 e. The van der Waals surface area contributed by atoms with Gasteiger partial charge in [-0.15, -0.1) is 13.2 Å². The third-order valence-corrected chi connectivity index (χ3v) is 5.34. The summed E-state index contributed by atoms with van der Waals surface area (Å²) in [6, 6.07) is 6.53. The van der Waals surface area contributed by atoms with Crippen molar-refractivity contribution >= 4 is 23.7 Å². The molecule has 0 saturated carbocycles. The predicted octanol–water partition coefficient (Wildman–Crippen LogP) is 3.30. The number of nitrogens with zero attached hydrogens (tertiary/aromatic N) is 1. The number of aryl methyl sites for hydroxylation is 1. The van der Waals surface area contributed by atoms with Crippen LogP contribution in [-0.4, -0.2) is 53.1 Å². The van der Waals surface area contributed by atoms with Crippen molar-refractivity contribution in [2.45, 2.75) is 31.8 Å². The first-order valence-electron chi connectivity index (χ1n) is 10.6. The highest BCUT2D eigenvalue weighted by molar-refractivity contribution is 6.14. The molecule has 9 nitrogen and oxygen atoms in total. The van der Waals surface area contributed by atoms with Gasteiger partial charge < -0.3 is 25.4 Å². The van der Waals surface area contributed by atoms with Gasteiger partial charge in [0, 0.05) is 19.3 Å². The second-order valence-electron chi connectivity index (χ2n) is 8.02. The number of alkyl halides is 3. The van der Waals surface area contributed by atoms with Crippen molar-refractivity contribution in [1.29, 1.82) is 0 Å². The van der Waals surface area contributed by atoms with Crippen LogP contribution in [0.3, 0.4) is 0 Å². The van der Waals surface area contributed by atoms with Crippen molar-refractivity contribution < 1.29 is 42.2 Å². The van der Waals surface area contributed by atoms with E-state index in [1.807, 2.05) is 0 Å². The number of halogens is 3. The molecule has 2 aromatic rings. The first-order chi connectivity index (χ1) is 16.8. The number of benzene rings is 2. The molecule has 0 radical (unpaired) electrons. The number of rotatable bonds is 7. The molecule has 2 atom stereocenters. The quantitative estimate of drug-likeness (QED) is 0.496. The largest absolute Gasteiger partial charge is 0.573 e. The van der Waals surface area contributed by atoms with Crippen LogP contribution in [0.4, 0.5) is 18.0 Å². The number of carboxylic acids is 1. The molecule has 190 valence electrons. The van der Waals surface area contributed by atoms with Gasteiger partial charge in [0.15, 0.2) is 11.8 Å². The summed E-state index contributed by atoms with van der Waals surface area (Å²) in [7, 11) is 1.41. The molecule has 0 bridgehead atoms. The van der Waals surface area contributed by atoms with Gasteiger partial charge in [-0.1, -0.05) is 24.3 Å². The number of hydrogen-bond acceptors (Lipinski definition) is 5. The highest BCUT2D eigenvalue weighted by Gasteiger charge is 2.33. The second-order valence-corrected chi connectivity index (χ2v) is 8.02. The Morgan fingerprint density at radius 2 is 1.89 bits per heavy atom. The van der Waals surface area contributed by atoms with Crippen LogP contribution in [0.1, 0.15) is 23.6 Å². The number of hydrogen-bond donors (Lipinski definition) is 3. The number of ether oxygens (including phenoxy) is 1. The van der Waals surface area contributed by atoms with Crippen molar-refractivity contribution in [3.63, 3.8) is 0 Å². The predicted molar refractivity (Wildman–Crippen MR) is 121 cm³/mol. The molecular weight excluding hydrogens is 483 g/mol. The fraction of sp³-hybridized carbons (Fsp3) is 0.250. The van der Waals surface area contributed by atoms with Crippen LogP contribution in [0.5, 0.6) is 5.75 Å². The Kier molecular flexibility index (Phi) is 7.66. The molecule has 0 spiro atoms. The lowest BCUT2D eigenvalue weighted by atomic mass is 9.94. The summed E-state index contributed by atoms with van der Waals surface area (Å²) in [5, 5.41) is 14.1. The van der Waals surface area contributed by atoms with Gasteiger partial charge in [0.25, 0.3) is 5.91 Å². The van der Waals surface area contributed by atoms with Gasteiger partial charge in [0.1, 0.15) is 5.75 Å². The van der Waals surface area contributed by atoms with Crippen LogP contribution < -0.4 is 15.4 Å². The number of nitrogens with one attached hydrogen (secondary N) is 2. The van der Waals surface area contributed by atoms with E-state index in [4.69, 9.17) is 0 Å². The highest BCUT2D eigenvalue weighted by atomic mass is 19.4.